The van der Waals surface area contributed by atoms with Crippen LogP contribution in [0.2, 0.25) is 0 Å². The van der Waals surface area contributed by atoms with E-state index in [-0.39, 0.29) is 5.56 Å². The summed E-state index contributed by atoms with van der Waals surface area (Å²) >= 11 is 0. The molecule has 0 bridgehead atoms. The number of carbonyl (C=O) groups is 1. The molecule has 0 spiro atoms. The van der Waals surface area contributed by atoms with Crippen molar-refractivity contribution in [3.63, 3.8) is 0 Å². The molecule has 1 unspecified atom stereocenters. The van der Waals surface area contributed by atoms with E-state index >= 15 is 0 Å². The Hall–Kier alpha value is -2.43. The molecule has 0 aliphatic rings. The van der Waals surface area contributed by atoms with Gasteiger partial charge in [-0.05, 0) is 37.3 Å². The average Bonchev–Trinajstić information content (AvgIpc) is 2.49. The molecule has 1 atom stereocenters. The molecule has 0 heterocycles. The lowest BCUT2D eigenvalue weighted by atomic mass is 10.1. The molecule has 2 rings (SSSR count). The Morgan fingerprint density at radius 3 is 2.33 bits per heavy atom. The van der Waals surface area contributed by atoms with Gasteiger partial charge in [-0.25, -0.2) is 8.78 Å². The van der Waals surface area contributed by atoms with E-state index < -0.39 is 23.5 Å². The van der Waals surface area contributed by atoms with E-state index in [1.165, 1.54) is 20.1 Å². The van der Waals surface area contributed by atoms with Gasteiger partial charge in [-0.1, -0.05) is 12.1 Å². The standard InChI is InChI=1S/C16H14F2O3/c1-10(21-15-6-4-3-5-14(15)20-2)16(19)11-7-8-12(17)13(18)9-11/h3-10H,1-2H3. The van der Waals surface area contributed by atoms with Crippen molar-refractivity contribution >= 4 is 5.78 Å². The first kappa shape index (κ1) is 15.0. The summed E-state index contributed by atoms with van der Waals surface area (Å²) in [6.45, 7) is 1.54. The van der Waals surface area contributed by atoms with Crippen LogP contribution in [0.5, 0.6) is 11.5 Å². The molecule has 0 saturated heterocycles. The van der Waals surface area contributed by atoms with Crippen molar-refractivity contribution in [2.45, 2.75) is 13.0 Å². The summed E-state index contributed by atoms with van der Waals surface area (Å²) in [7, 11) is 1.49. The minimum Gasteiger partial charge on any atom is -0.493 e. The number of methoxy groups -OCH3 is 1. The predicted molar refractivity (Wildman–Crippen MR) is 73.8 cm³/mol. The number of hydrogen-bond acceptors (Lipinski definition) is 3. The molecule has 2 aromatic rings. The second-order valence-corrected chi connectivity index (χ2v) is 4.40. The Morgan fingerprint density at radius 2 is 1.71 bits per heavy atom. The summed E-state index contributed by atoms with van der Waals surface area (Å²) in [5, 5.41) is 0. The summed E-state index contributed by atoms with van der Waals surface area (Å²) in [5.74, 6) is -1.61. The van der Waals surface area contributed by atoms with E-state index in [1.807, 2.05) is 0 Å². The molecule has 0 aliphatic carbocycles. The van der Waals surface area contributed by atoms with Gasteiger partial charge in [-0.15, -0.1) is 0 Å². The maximum Gasteiger partial charge on any atom is 0.203 e. The zero-order chi connectivity index (χ0) is 15.4. The number of Topliss-reactive ketones (excluding diaryl/α,β-unsaturated/α-hetero) is 1. The summed E-state index contributed by atoms with van der Waals surface area (Å²) in [6.07, 6.45) is -0.855. The highest BCUT2D eigenvalue weighted by molar-refractivity contribution is 5.99. The van der Waals surface area contributed by atoms with Crippen LogP contribution in [0, 0.1) is 11.6 Å². The topological polar surface area (TPSA) is 35.5 Å². The van der Waals surface area contributed by atoms with Crippen LogP contribution < -0.4 is 9.47 Å². The maximum atomic E-state index is 13.2. The lowest BCUT2D eigenvalue weighted by molar-refractivity contribution is 0.0813. The zero-order valence-electron chi connectivity index (χ0n) is 11.6. The van der Waals surface area contributed by atoms with Crippen LogP contribution >= 0.6 is 0 Å². The Bertz CT molecular complexity index is 656. The number of hydrogen-bond donors (Lipinski definition) is 0. The summed E-state index contributed by atoms with van der Waals surface area (Å²) < 4.78 is 36.7. The lowest BCUT2D eigenvalue weighted by Crippen LogP contribution is -2.24. The molecule has 0 saturated carbocycles. The molecule has 2 aromatic carbocycles. The Labute approximate surface area is 121 Å². The first-order chi connectivity index (χ1) is 10.0. The van der Waals surface area contributed by atoms with E-state index in [0.717, 1.165) is 12.1 Å². The first-order valence-electron chi connectivity index (χ1n) is 6.32. The van der Waals surface area contributed by atoms with Crippen LogP contribution in [0.3, 0.4) is 0 Å². The van der Waals surface area contributed by atoms with Crippen molar-refractivity contribution in [2.75, 3.05) is 7.11 Å². The minimum absolute atomic E-state index is 0.0521. The second kappa shape index (κ2) is 6.35. The van der Waals surface area contributed by atoms with Crippen LogP contribution in [0.4, 0.5) is 8.78 Å². The summed E-state index contributed by atoms with van der Waals surface area (Å²) in [5.41, 5.74) is 0.0521. The van der Waals surface area contributed by atoms with Crippen molar-refractivity contribution in [1.29, 1.82) is 0 Å². The predicted octanol–water partition coefficient (Wildman–Crippen LogP) is 3.62. The third-order valence-electron chi connectivity index (χ3n) is 2.95. The highest BCUT2D eigenvalue weighted by atomic mass is 19.2. The third-order valence-corrected chi connectivity index (χ3v) is 2.95. The van der Waals surface area contributed by atoms with Crippen LogP contribution in [-0.4, -0.2) is 19.0 Å². The van der Waals surface area contributed by atoms with E-state index in [4.69, 9.17) is 9.47 Å². The third kappa shape index (κ3) is 3.37. The SMILES string of the molecule is COc1ccccc1OC(C)C(=O)c1ccc(F)c(F)c1. The van der Waals surface area contributed by atoms with Gasteiger partial charge in [0.2, 0.25) is 5.78 Å². The molecule has 0 amide bonds. The van der Waals surface area contributed by atoms with Crippen molar-refractivity contribution < 1.29 is 23.0 Å². The molecule has 0 fully saturated rings. The number of halogens is 2. The molecule has 0 radical (unpaired) electrons. The van der Waals surface area contributed by atoms with Gasteiger partial charge in [-0.3, -0.25) is 4.79 Å². The van der Waals surface area contributed by atoms with Gasteiger partial charge in [0, 0.05) is 5.56 Å². The number of carbonyl (C=O) groups excluding carboxylic acids is 1. The fourth-order valence-corrected chi connectivity index (χ4v) is 1.84. The fraction of sp³-hybridized carbons (Fsp3) is 0.188. The molecular formula is C16H14F2O3. The van der Waals surface area contributed by atoms with Crippen LogP contribution in [0.15, 0.2) is 42.5 Å². The number of rotatable bonds is 5. The Kier molecular flexibility index (Phi) is 4.52. The molecular weight excluding hydrogens is 278 g/mol. The number of benzene rings is 2. The van der Waals surface area contributed by atoms with Gasteiger partial charge < -0.3 is 9.47 Å². The molecule has 21 heavy (non-hydrogen) atoms. The quantitative estimate of drug-likeness (QED) is 0.790. The summed E-state index contributed by atoms with van der Waals surface area (Å²) in [4.78, 5) is 12.2. The maximum absolute atomic E-state index is 13.2. The highest BCUT2D eigenvalue weighted by Crippen LogP contribution is 2.27. The minimum atomic E-state index is -1.06. The van der Waals surface area contributed by atoms with Gasteiger partial charge in [0.15, 0.2) is 29.2 Å². The first-order valence-corrected chi connectivity index (χ1v) is 6.32. The van der Waals surface area contributed by atoms with Crippen molar-refractivity contribution in [3.05, 3.63) is 59.7 Å². The summed E-state index contributed by atoms with van der Waals surface area (Å²) in [6, 6.07) is 9.87. The largest absolute Gasteiger partial charge is 0.493 e. The van der Waals surface area contributed by atoms with Crippen molar-refractivity contribution in [3.8, 4) is 11.5 Å². The molecule has 5 heteroatoms. The Morgan fingerprint density at radius 1 is 1.05 bits per heavy atom. The van der Waals surface area contributed by atoms with Crippen molar-refractivity contribution in [2.24, 2.45) is 0 Å². The molecule has 0 aliphatic heterocycles. The molecule has 0 N–H and O–H groups in total. The van der Waals surface area contributed by atoms with Gasteiger partial charge in [0.1, 0.15) is 0 Å². The van der Waals surface area contributed by atoms with E-state index in [0.29, 0.717) is 11.5 Å². The molecule has 3 nitrogen and oxygen atoms in total. The van der Waals surface area contributed by atoms with E-state index in [9.17, 15) is 13.6 Å². The molecule has 0 aromatic heterocycles. The normalized spacial score (nSPS) is 11.8. The highest BCUT2D eigenvalue weighted by Gasteiger charge is 2.19. The fourth-order valence-electron chi connectivity index (χ4n) is 1.84. The van der Waals surface area contributed by atoms with Crippen LogP contribution in [0.1, 0.15) is 17.3 Å². The van der Waals surface area contributed by atoms with E-state index in [2.05, 4.69) is 0 Å². The number of ketones is 1. The zero-order valence-corrected chi connectivity index (χ0v) is 11.6. The number of ether oxygens (including phenoxy) is 2. The van der Waals surface area contributed by atoms with Gasteiger partial charge in [0.05, 0.1) is 7.11 Å². The van der Waals surface area contributed by atoms with Crippen LogP contribution in [-0.2, 0) is 0 Å². The molecule has 110 valence electrons. The second-order valence-electron chi connectivity index (χ2n) is 4.40. The average molecular weight is 292 g/mol. The number of para-hydroxylation sites is 2. The van der Waals surface area contributed by atoms with Crippen LogP contribution in [0.25, 0.3) is 0 Å². The van der Waals surface area contributed by atoms with Gasteiger partial charge >= 0.3 is 0 Å². The van der Waals surface area contributed by atoms with Crippen molar-refractivity contribution in [1.82, 2.24) is 0 Å². The van der Waals surface area contributed by atoms with E-state index in [1.54, 1.807) is 24.3 Å². The van der Waals surface area contributed by atoms with Gasteiger partial charge in [0.25, 0.3) is 0 Å². The smallest absolute Gasteiger partial charge is 0.203 e. The lowest BCUT2D eigenvalue weighted by Gasteiger charge is -2.16. The van der Waals surface area contributed by atoms with Gasteiger partial charge in [-0.2, -0.15) is 0 Å². The Balaban J connectivity index is 2.17. The monoisotopic (exact) mass is 292 g/mol.